The highest BCUT2D eigenvalue weighted by Gasteiger charge is 2.26. The summed E-state index contributed by atoms with van der Waals surface area (Å²) in [6, 6.07) is 13.8. The molecular formula is C57H87N3O6. The molecule has 3 aromatic carbocycles. The molecule has 0 saturated heterocycles. The number of amides is 3. The summed E-state index contributed by atoms with van der Waals surface area (Å²) in [5.41, 5.74) is 9.95. The van der Waals surface area contributed by atoms with Gasteiger partial charge in [-0.15, -0.1) is 0 Å². The monoisotopic (exact) mass is 910 g/mol. The minimum absolute atomic E-state index is 0.0218. The lowest BCUT2D eigenvalue weighted by atomic mass is 9.81. The van der Waals surface area contributed by atoms with Gasteiger partial charge in [-0.3, -0.25) is 14.4 Å². The molecule has 9 nitrogen and oxygen atoms in total. The first kappa shape index (κ1) is 54.1. The number of ether oxygens (including phenoxy) is 3. The average molecular weight is 910 g/mol. The fraction of sp³-hybridized carbons (Fsp3) is 0.632. The third-order valence-electron chi connectivity index (χ3n) is 13.4. The van der Waals surface area contributed by atoms with Crippen LogP contribution in [0.4, 0.5) is 0 Å². The van der Waals surface area contributed by atoms with Gasteiger partial charge in [0.2, 0.25) is 0 Å². The van der Waals surface area contributed by atoms with Crippen molar-refractivity contribution in [3.05, 3.63) is 86.5 Å². The molecule has 3 aromatic rings. The summed E-state index contributed by atoms with van der Waals surface area (Å²) >= 11 is 0. The first-order valence-electron chi connectivity index (χ1n) is 25.3. The van der Waals surface area contributed by atoms with E-state index < -0.39 is 0 Å². The lowest BCUT2D eigenvalue weighted by Gasteiger charge is -2.27. The van der Waals surface area contributed by atoms with E-state index in [0.717, 1.165) is 108 Å². The zero-order valence-electron chi connectivity index (χ0n) is 44.0. The van der Waals surface area contributed by atoms with Crippen molar-refractivity contribution in [3.63, 3.8) is 0 Å². The predicted molar refractivity (Wildman–Crippen MR) is 272 cm³/mol. The van der Waals surface area contributed by atoms with Crippen LogP contribution in [0.15, 0.2) is 36.4 Å². The molecule has 0 aliphatic heterocycles. The molecule has 1 aliphatic rings. The van der Waals surface area contributed by atoms with Crippen molar-refractivity contribution < 1.29 is 28.6 Å². The normalized spacial score (nSPS) is 13.9. The molecule has 0 fully saturated rings. The molecule has 0 spiro atoms. The van der Waals surface area contributed by atoms with Crippen molar-refractivity contribution in [2.45, 2.75) is 178 Å². The van der Waals surface area contributed by atoms with Crippen LogP contribution in [0.5, 0.6) is 17.2 Å². The van der Waals surface area contributed by atoms with Gasteiger partial charge in [0, 0.05) is 39.3 Å². The molecule has 6 bridgehead atoms. The number of benzene rings is 3. The summed E-state index contributed by atoms with van der Waals surface area (Å²) < 4.78 is 20.2. The van der Waals surface area contributed by atoms with Crippen molar-refractivity contribution in [3.8, 4) is 17.2 Å². The molecule has 0 aromatic heterocycles. The number of hydrogen-bond acceptors (Lipinski definition) is 6. The van der Waals surface area contributed by atoms with Crippen molar-refractivity contribution >= 4 is 17.7 Å². The van der Waals surface area contributed by atoms with Gasteiger partial charge >= 0.3 is 0 Å². The molecular weight excluding hydrogens is 823 g/mol. The molecule has 366 valence electrons. The summed E-state index contributed by atoms with van der Waals surface area (Å²) in [4.78, 5) is 46.0. The summed E-state index contributed by atoms with van der Waals surface area (Å²) in [5.74, 6) is 2.35. The number of carbonyl (C=O) groups excluding carboxylic acids is 3. The van der Waals surface area contributed by atoms with Gasteiger partial charge in [-0.2, -0.15) is 0 Å². The minimum atomic E-state index is -0.126. The van der Waals surface area contributed by atoms with E-state index in [4.69, 9.17) is 14.2 Å². The Bertz CT molecular complexity index is 1780. The quantitative estimate of drug-likeness (QED) is 0.151. The molecule has 0 heterocycles. The number of aryl methyl sites for hydroxylation is 6. The van der Waals surface area contributed by atoms with Crippen LogP contribution in [-0.4, -0.2) is 91.5 Å². The molecule has 0 radical (unpaired) electrons. The number of hydrogen-bond donors (Lipinski definition) is 0. The van der Waals surface area contributed by atoms with Gasteiger partial charge in [-0.1, -0.05) is 98.7 Å². The SMILES string of the molecule is CCN(CC)C(=O)COc1c2cc(C(C)(C)C)cc1CCCc1cc(C(C)(C)C)cc(c1OCC(=O)N(CC)CC)CCCc1cc(C(C)(C)C)cc(c1OCC(=O)N(CC)CC)CCC2. The van der Waals surface area contributed by atoms with E-state index in [1.54, 1.807) is 0 Å². The molecule has 1 aliphatic carbocycles. The lowest BCUT2D eigenvalue weighted by Crippen LogP contribution is -2.34. The zero-order valence-corrected chi connectivity index (χ0v) is 44.0. The van der Waals surface area contributed by atoms with Crippen LogP contribution in [0.1, 0.15) is 173 Å². The van der Waals surface area contributed by atoms with Gasteiger partial charge in [0.25, 0.3) is 17.7 Å². The fourth-order valence-corrected chi connectivity index (χ4v) is 9.05. The van der Waals surface area contributed by atoms with E-state index in [1.807, 2.05) is 56.2 Å². The molecule has 4 rings (SSSR count). The van der Waals surface area contributed by atoms with E-state index in [0.29, 0.717) is 39.3 Å². The van der Waals surface area contributed by atoms with Crippen LogP contribution >= 0.6 is 0 Å². The van der Waals surface area contributed by atoms with E-state index >= 15 is 0 Å². The molecule has 0 N–H and O–H groups in total. The third kappa shape index (κ3) is 14.5. The molecule has 0 unspecified atom stereocenters. The first-order chi connectivity index (χ1) is 31.1. The summed E-state index contributed by atoms with van der Waals surface area (Å²) in [5, 5.41) is 0. The second kappa shape index (κ2) is 24.0. The first-order valence-corrected chi connectivity index (χ1v) is 25.3. The number of nitrogens with zero attached hydrogens (tertiary/aromatic N) is 3. The Kier molecular flexibility index (Phi) is 19.6. The van der Waals surface area contributed by atoms with E-state index in [-0.39, 0.29) is 53.8 Å². The second-order valence-electron chi connectivity index (χ2n) is 21.2. The molecule has 0 atom stereocenters. The van der Waals surface area contributed by atoms with Gasteiger partial charge < -0.3 is 28.9 Å². The summed E-state index contributed by atoms with van der Waals surface area (Å²) in [7, 11) is 0. The number of carbonyl (C=O) groups is 3. The molecule has 3 amide bonds. The highest BCUT2D eigenvalue weighted by molar-refractivity contribution is 5.79. The maximum absolute atomic E-state index is 13.5. The minimum Gasteiger partial charge on any atom is -0.483 e. The van der Waals surface area contributed by atoms with Gasteiger partial charge in [0.05, 0.1) is 0 Å². The van der Waals surface area contributed by atoms with Crippen LogP contribution < -0.4 is 14.2 Å². The topological polar surface area (TPSA) is 88.6 Å². The van der Waals surface area contributed by atoms with Crippen LogP contribution in [0, 0.1) is 0 Å². The average Bonchev–Trinajstić information content (AvgIpc) is 3.24. The summed E-state index contributed by atoms with van der Waals surface area (Å²) in [6.45, 7) is 36.0. The maximum atomic E-state index is 13.5. The predicted octanol–water partition coefficient (Wildman–Crippen LogP) is 11.2. The zero-order chi connectivity index (χ0) is 49.0. The Morgan fingerprint density at radius 1 is 0.379 bits per heavy atom. The van der Waals surface area contributed by atoms with E-state index in [2.05, 4.69) is 98.7 Å². The van der Waals surface area contributed by atoms with Gasteiger partial charge in [0.1, 0.15) is 17.2 Å². The fourth-order valence-electron chi connectivity index (χ4n) is 9.05. The van der Waals surface area contributed by atoms with Crippen molar-refractivity contribution in [1.29, 1.82) is 0 Å². The van der Waals surface area contributed by atoms with Gasteiger partial charge in [-0.25, -0.2) is 0 Å². The van der Waals surface area contributed by atoms with Crippen LogP contribution in [-0.2, 0) is 69.2 Å². The Morgan fingerprint density at radius 3 is 0.712 bits per heavy atom. The number of fused-ring (bicyclic) bond motifs is 6. The Hall–Kier alpha value is -4.53. The Balaban J connectivity index is 2.00. The standard InChI is InChI=1S/C57H87N3O6/c1-16-58(17-2)49(61)37-64-52-40-25-22-27-42-33-47(56(10,11)12)35-44(53(42)65-38-50(62)59(18-3)19-4)29-24-30-45-36-48(57(13,14)15)34-43(54(45)66-39-51(63)60(20-5)21-6)28-23-26-41(52)32-46(31-40)55(7,8)9/h31-36H,16-30,37-39H2,1-15H3. The van der Waals surface area contributed by atoms with Gasteiger partial charge in [0.15, 0.2) is 19.8 Å². The number of likely N-dealkylation sites (N-methyl/N-ethyl adjacent to an activating group) is 3. The van der Waals surface area contributed by atoms with Crippen LogP contribution in [0.3, 0.4) is 0 Å². The van der Waals surface area contributed by atoms with E-state index in [1.165, 1.54) is 16.7 Å². The van der Waals surface area contributed by atoms with Crippen LogP contribution in [0.25, 0.3) is 0 Å². The Labute approximate surface area is 400 Å². The summed E-state index contributed by atoms with van der Waals surface area (Å²) in [6.07, 6.45) is 6.95. The Morgan fingerprint density at radius 2 is 0.561 bits per heavy atom. The molecule has 66 heavy (non-hydrogen) atoms. The largest absolute Gasteiger partial charge is 0.483 e. The second-order valence-corrected chi connectivity index (χ2v) is 21.2. The van der Waals surface area contributed by atoms with Crippen molar-refractivity contribution in [1.82, 2.24) is 14.7 Å². The van der Waals surface area contributed by atoms with Gasteiger partial charge in [-0.05, 0) is 166 Å². The smallest absolute Gasteiger partial charge is 0.260 e. The van der Waals surface area contributed by atoms with E-state index in [9.17, 15) is 14.4 Å². The van der Waals surface area contributed by atoms with Crippen molar-refractivity contribution in [2.75, 3.05) is 59.1 Å². The third-order valence-corrected chi connectivity index (χ3v) is 13.4. The maximum Gasteiger partial charge on any atom is 0.260 e. The lowest BCUT2D eigenvalue weighted by molar-refractivity contribution is -0.133. The highest BCUT2D eigenvalue weighted by Crippen LogP contribution is 2.39. The molecule has 9 heteroatoms. The molecule has 0 saturated carbocycles. The van der Waals surface area contributed by atoms with Crippen LogP contribution in [0.2, 0.25) is 0 Å². The number of rotatable bonds is 15. The van der Waals surface area contributed by atoms with Crippen molar-refractivity contribution in [2.24, 2.45) is 0 Å². The highest BCUT2D eigenvalue weighted by atomic mass is 16.5.